The second-order valence-electron chi connectivity index (χ2n) is 2.56. The van der Waals surface area contributed by atoms with Crippen LogP contribution in [0.15, 0.2) is 27.4 Å². The smallest absolute Gasteiger partial charge is 0.408 e. The maximum atomic E-state index is 10.8. The van der Waals surface area contributed by atoms with Crippen molar-refractivity contribution in [3.05, 3.63) is 28.7 Å². The van der Waals surface area contributed by atoms with Gasteiger partial charge in [-0.15, -0.1) is 0 Å². The molecule has 1 aromatic carbocycles. The number of hydrogen-bond donors (Lipinski definition) is 3. The number of fused-ring (bicyclic) bond motifs is 1. The third-order valence-corrected chi connectivity index (χ3v) is 1.70. The Balaban J connectivity index is 2.54. The van der Waals surface area contributed by atoms with Gasteiger partial charge in [-0.2, -0.15) is 0 Å². The molecule has 1 aromatic heterocycles. The Labute approximate surface area is 73.0 Å². The van der Waals surface area contributed by atoms with Gasteiger partial charge in [-0.3, -0.25) is 4.98 Å². The van der Waals surface area contributed by atoms with Gasteiger partial charge in [0.1, 0.15) is 6.73 Å². The second-order valence-corrected chi connectivity index (χ2v) is 2.56. The summed E-state index contributed by atoms with van der Waals surface area (Å²) >= 11 is 0. The molecular formula is C8H8N2O3. The summed E-state index contributed by atoms with van der Waals surface area (Å²) < 4.78 is 4.82. The van der Waals surface area contributed by atoms with Crippen LogP contribution < -0.4 is 11.1 Å². The van der Waals surface area contributed by atoms with Gasteiger partial charge in [0.25, 0.3) is 0 Å². The fourth-order valence-corrected chi connectivity index (χ4v) is 1.15. The first-order valence-electron chi connectivity index (χ1n) is 3.77. The van der Waals surface area contributed by atoms with Gasteiger partial charge in [-0.1, -0.05) is 0 Å². The van der Waals surface area contributed by atoms with Crippen molar-refractivity contribution in [1.82, 2.24) is 4.98 Å². The van der Waals surface area contributed by atoms with E-state index in [1.807, 2.05) is 0 Å². The Bertz CT molecular complexity index is 471. The van der Waals surface area contributed by atoms with E-state index in [0.29, 0.717) is 16.8 Å². The normalized spacial score (nSPS) is 10.5. The van der Waals surface area contributed by atoms with E-state index in [-0.39, 0.29) is 6.73 Å². The van der Waals surface area contributed by atoms with E-state index >= 15 is 0 Å². The van der Waals surface area contributed by atoms with Gasteiger partial charge < -0.3 is 14.8 Å². The van der Waals surface area contributed by atoms with Crippen molar-refractivity contribution < 1.29 is 9.52 Å². The first kappa shape index (κ1) is 7.88. The molecule has 0 radical (unpaired) electrons. The summed E-state index contributed by atoms with van der Waals surface area (Å²) in [4.78, 5) is 13.3. The molecule has 0 spiro atoms. The van der Waals surface area contributed by atoms with E-state index in [1.54, 1.807) is 18.2 Å². The van der Waals surface area contributed by atoms with Crippen LogP contribution in [-0.4, -0.2) is 16.8 Å². The third-order valence-electron chi connectivity index (χ3n) is 1.70. The topological polar surface area (TPSA) is 78.3 Å². The van der Waals surface area contributed by atoms with E-state index < -0.39 is 5.76 Å². The average molecular weight is 180 g/mol. The number of hydrogen-bond acceptors (Lipinski definition) is 4. The molecule has 0 fully saturated rings. The zero-order chi connectivity index (χ0) is 9.26. The highest BCUT2D eigenvalue weighted by atomic mass is 16.4. The minimum Gasteiger partial charge on any atom is -0.408 e. The standard InChI is InChI=1S/C8H8N2O3/c11-4-9-5-1-2-6-7(3-5)13-8(12)10-6/h1-3,9,11H,4H2,(H,10,12). The number of aromatic nitrogens is 1. The van der Waals surface area contributed by atoms with Crippen LogP contribution in [0.5, 0.6) is 0 Å². The van der Waals surface area contributed by atoms with Crippen molar-refractivity contribution in [2.24, 2.45) is 0 Å². The highest BCUT2D eigenvalue weighted by molar-refractivity contribution is 5.76. The van der Waals surface area contributed by atoms with Gasteiger partial charge in [-0.05, 0) is 12.1 Å². The van der Waals surface area contributed by atoms with Crippen molar-refractivity contribution in [1.29, 1.82) is 0 Å². The lowest BCUT2D eigenvalue weighted by atomic mass is 10.3. The third kappa shape index (κ3) is 1.41. The maximum absolute atomic E-state index is 10.8. The quantitative estimate of drug-likeness (QED) is 0.587. The molecule has 0 aliphatic heterocycles. The molecule has 0 aliphatic rings. The number of aromatic amines is 1. The molecule has 0 bridgehead atoms. The van der Waals surface area contributed by atoms with E-state index in [1.165, 1.54) is 0 Å². The van der Waals surface area contributed by atoms with Crippen LogP contribution in [0.3, 0.4) is 0 Å². The average Bonchev–Trinajstić information content (AvgIpc) is 2.44. The molecule has 2 aromatic rings. The number of aliphatic hydroxyl groups is 1. The predicted octanol–water partition coefficient (Wildman–Crippen LogP) is 0.483. The van der Waals surface area contributed by atoms with Gasteiger partial charge in [0, 0.05) is 11.8 Å². The molecule has 5 nitrogen and oxygen atoms in total. The largest absolute Gasteiger partial charge is 0.417 e. The van der Waals surface area contributed by atoms with Crippen molar-refractivity contribution in [2.45, 2.75) is 0 Å². The summed E-state index contributed by atoms with van der Waals surface area (Å²) in [5, 5.41) is 11.3. The zero-order valence-corrected chi connectivity index (χ0v) is 6.70. The Morgan fingerprint density at radius 2 is 2.38 bits per heavy atom. The van der Waals surface area contributed by atoms with Crippen molar-refractivity contribution in [2.75, 3.05) is 12.0 Å². The summed E-state index contributed by atoms with van der Waals surface area (Å²) in [6, 6.07) is 5.09. The summed E-state index contributed by atoms with van der Waals surface area (Å²) in [5.74, 6) is -0.476. The fraction of sp³-hybridized carbons (Fsp3) is 0.125. The minimum atomic E-state index is -0.476. The van der Waals surface area contributed by atoms with E-state index in [9.17, 15) is 4.79 Å². The number of nitrogens with one attached hydrogen (secondary N) is 2. The van der Waals surface area contributed by atoms with Crippen molar-refractivity contribution in [3.8, 4) is 0 Å². The summed E-state index contributed by atoms with van der Waals surface area (Å²) in [7, 11) is 0. The molecule has 0 saturated carbocycles. The second kappa shape index (κ2) is 2.95. The van der Waals surface area contributed by atoms with Crippen LogP contribution >= 0.6 is 0 Å². The van der Waals surface area contributed by atoms with Gasteiger partial charge in [-0.25, -0.2) is 4.79 Å². The molecule has 0 unspecified atom stereocenters. The highest BCUT2D eigenvalue weighted by Crippen LogP contribution is 2.15. The lowest BCUT2D eigenvalue weighted by molar-refractivity contribution is 0.325. The summed E-state index contributed by atoms with van der Waals surface area (Å²) in [6.45, 7) is -0.153. The van der Waals surface area contributed by atoms with Gasteiger partial charge >= 0.3 is 5.76 Å². The zero-order valence-electron chi connectivity index (χ0n) is 6.70. The molecular weight excluding hydrogens is 172 g/mol. The summed E-state index contributed by atoms with van der Waals surface area (Å²) in [5.41, 5.74) is 1.83. The van der Waals surface area contributed by atoms with Crippen molar-refractivity contribution in [3.63, 3.8) is 0 Å². The maximum Gasteiger partial charge on any atom is 0.417 e. The monoisotopic (exact) mass is 180 g/mol. The lowest BCUT2D eigenvalue weighted by Gasteiger charge is -1.99. The van der Waals surface area contributed by atoms with Gasteiger partial charge in [0.15, 0.2) is 5.58 Å². The van der Waals surface area contributed by atoms with Crippen LogP contribution in [0.4, 0.5) is 5.69 Å². The number of H-pyrrole nitrogens is 1. The molecule has 3 N–H and O–H groups in total. The molecule has 2 rings (SSSR count). The molecule has 0 atom stereocenters. The number of oxazole rings is 1. The van der Waals surface area contributed by atoms with Crippen LogP contribution in [0, 0.1) is 0 Å². The van der Waals surface area contributed by atoms with E-state index in [4.69, 9.17) is 9.52 Å². The minimum absolute atomic E-state index is 0.153. The Hall–Kier alpha value is -1.75. The van der Waals surface area contributed by atoms with Crippen LogP contribution in [0.25, 0.3) is 11.1 Å². The Morgan fingerprint density at radius 3 is 3.15 bits per heavy atom. The lowest BCUT2D eigenvalue weighted by Crippen LogP contribution is -1.98. The molecule has 0 amide bonds. The molecule has 0 saturated heterocycles. The SMILES string of the molecule is O=c1[nH]c2ccc(NCO)cc2o1. The molecule has 5 heteroatoms. The van der Waals surface area contributed by atoms with Crippen LogP contribution in [0.1, 0.15) is 0 Å². The Kier molecular flexibility index (Phi) is 1.79. The first-order valence-corrected chi connectivity index (χ1v) is 3.77. The Morgan fingerprint density at radius 1 is 1.54 bits per heavy atom. The first-order chi connectivity index (χ1) is 6.29. The number of benzene rings is 1. The number of anilines is 1. The molecule has 13 heavy (non-hydrogen) atoms. The number of rotatable bonds is 2. The van der Waals surface area contributed by atoms with E-state index in [2.05, 4.69) is 10.3 Å². The van der Waals surface area contributed by atoms with Crippen LogP contribution in [0.2, 0.25) is 0 Å². The molecule has 1 heterocycles. The van der Waals surface area contributed by atoms with Crippen molar-refractivity contribution >= 4 is 16.8 Å². The summed E-state index contributed by atoms with van der Waals surface area (Å²) in [6.07, 6.45) is 0. The van der Waals surface area contributed by atoms with E-state index in [0.717, 1.165) is 0 Å². The van der Waals surface area contributed by atoms with Gasteiger partial charge in [0.05, 0.1) is 5.52 Å². The molecule has 0 aliphatic carbocycles. The van der Waals surface area contributed by atoms with Gasteiger partial charge in [0.2, 0.25) is 0 Å². The molecule has 68 valence electrons. The predicted molar refractivity (Wildman–Crippen MR) is 47.5 cm³/mol. The van der Waals surface area contributed by atoms with Crippen LogP contribution in [-0.2, 0) is 0 Å². The fourth-order valence-electron chi connectivity index (χ4n) is 1.15. The number of aliphatic hydroxyl groups excluding tert-OH is 1. The highest BCUT2D eigenvalue weighted by Gasteiger charge is 2.00.